The van der Waals surface area contributed by atoms with Crippen molar-refractivity contribution < 1.29 is 4.52 Å². The van der Waals surface area contributed by atoms with Gasteiger partial charge in [-0.2, -0.15) is 0 Å². The molecule has 0 radical (unpaired) electrons. The highest BCUT2D eigenvalue weighted by atomic mass is 16.5. The van der Waals surface area contributed by atoms with Gasteiger partial charge in [0.2, 0.25) is 11.6 Å². The number of H-pyrrole nitrogens is 1. The summed E-state index contributed by atoms with van der Waals surface area (Å²) in [7, 11) is 0. The smallest absolute Gasteiger partial charge is 0.365 e. The summed E-state index contributed by atoms with van der Waals surface area (Å²) < 4.78 is 7.04. The summed E-state index contributed by atoms with van der Waals surface area (Å²) in [6.45, 7) is 5.44. The minimum atomic E-state index is -0.635. The topological polar surface area (TPSA) is 115 Å². The van der Waals surface area contributed by atoms with Crippen molar-refractivity contribution in [1.29, 1.82) is 0 Å². The van der Waals surface area contributed by atoms with Crippen molar-refractivity contribution in [2.24, 2.45) is 17.8 Å². The predicted octanol–water partition coefficient (Wildman–Crippen LogP) is 5.77. The van der Waals surface area contributed by atoms with E-state index in [4.69, 9.17) is 19.5 Å². The molecule has 0 amide bonds. The molecular formula is C29H35N7O2. The summed E-state index contributed by atoms with van der Waals surface area (Å²) in [5.41, 5.74) is 2.60. The first-order valence-electron chi connectivity index (χ1n) is 13.9. The molecule has 9 heteroatoms. The van der Waals surface area contributed by atoms with E-state index in [1.54, 1.807) is 0 Å². The molecular weight excluding hydrogens is 478 g/mol. The number of hydrogen-bond acceptors (Lipinski definition) is 7. The average molecular weight is 514 g/mol. The molecule has 0 unspecified atom stereocenters. The van der Waals surface area contributed by atoms with E-state index in [0.717, 1.165) is 35.2 Å². The van der Waals surface area contributed by atoms with Gasteiger partial charge in [0, 0.05) is 12.6 Å². The third-order valence-corrected chi connectivity index (χ3v) is 8.31. The van der Waals surface area contributed by atoms with Crippen LogP contribution < -0.4 is 11.1 Å². The Bertz CT molecular complexity index is 1470. The molecule has 4 aromatic rings. The third-order valence-electron chi connectivity index (χ3n) is 8.31. The van der Waals surface area contributed by atoms with Crippen LogP contribution in [0, 0.1) is 17.8 Å². The Kier molecular flexibility index (Phi) is 6.82. The number of hydrogen-bond donors (Lipinski definition) is 2. The molecule has 0 saturated heterocycles. The number of aromatic amines is 1. The number of rotatable bonds is 8. The molecule has 9 nitrogen and oxygen atoms in total. The van der Waals surface area contributed by atoms with Crippen LogP contribution >= 0.6 is 0 Å². The van der Waals surface area contributed by atoms with Crippen molar-refractivity contribution in [3.8, 4) is 11.6 Å². The summed E-state index contributed by atoms with van der Waals surface area (Å²) in [6.07, 6.45) is 12.8. The quantitative estimate of drug-likeness (QED) is 0.307. The van der Waals surface area contributed by atoms with Gasteiger partial charge in [0.1, 0.15) is 11.3 Å². The lowest BCUT2D eigenvalue weighted by Crippen LogP contribution is -2.31. The van der Waals surface area contributed by atoms with Crippen LogP contribution in [0.25, 0.3) is 35.0 Å². The number of fused-ring (bicyclic) bond motifs is 1. The maximum atomic E-state index is 11.7. The average Bonchev–Trinajstić information content (AvgIpc) is 3.47. The van der Waals surface area contributed by atoms with Gasteiger partial charge >= 0.3 is 5.76 Å². The first kappa shape index (κ1) is 24.6. The Balaban J connectivity index is 1.47. The second kappa shape index (κ2) is 10.6. The third kappa shape index (κ3) is 5.14. The second-order valence-electron chi connectivity index (χ2n) is 11.1. The lowest BCUT2D eigenvalue weighted by molar-refractivity contribution is 0.266. The van der Waals surface area contributed by atoms with Crippen LogP contribution in [0.1, 0.15) is 70.2 Å². The van der Waals surface area contributed by atoms with Gasteiger partial charge in [0.25, 0.3) is 0 Å². The van der Waals surface area contributed by atoms with Gasteiger partial charge in [-0.25, -0.2) is 19.7 Å². The van der Waals surface area contributed by atoms with Gasteiger partial charge in [-0.05, 0) is 62.0 Å². The van der Waals surface area contributed by atoms with Gasteiger partial charge in [-0.1, -0.05) is 67.8 Å². The van der Waals surface area contributed by atoms with Crippen molar-refractivity contribution in [3.63, 3.8) is 0 Å². The highest BCUT2D eigenvalue weighted by Gasteiger charge is 2.28. The fourth-order valence-electron chi connectivity index (χ4n) is 5.68. The van der Waals surface area contributed by atoms with E-state index in [1.807, 2.05) is 18.2 Å². The summed E-state index contributed by atoms with van der Waals surface area (Å²) in [4.78, 5) is 28.8. The molecule has 2 aliphatic rings. The van der Waals surface area contributed by atoms with E-state index in [-0.39, 0.29) is 11.9 Å². The standard InChI is InChI=1S/C29H35N7O2/c1-18-11-13-21(14-12-18)17-36-23(16-15-20-7-4-3-5-8-20)31-26-24(36)25(30-19(2)22-9-6-10-22)32-27(33-26)28-34-29(37)38-35-28/h3-5,7-8,15-16,18-19,21-22H,6,9-14,17H2,1-2H3,(H,30,32,33)(H,34,35,37)/t18-,19-,21-/m1/s1. The number of aromatic nitrogens is 6. The molecule has 38 heavy (non-hydrogen) atoms. The van der Waals surface area contributed by atoms with Crippen LogP contribution in [0.2, 0.25) is 0 Å². The fourth-order valence-corrected chi connectivity index (χ4v) is 5.68. The molecule has 2 saturated carbocycles. The summed E-state index contributed by atoms with van der Waals surface area (Å²) >= 11 is 0. The monoisotopic (exact) mass is 513 g/mol. The van der Waals surface area contributed by atoms with E-state index in [0.29, 0.717) is 23.3 Å². The van der Waals surface area contributed by atoms with Crippen molar-refractivity contribution in [3.05, 3.63) is 52.3 Å². The molecule has 0 aliphatic heterocycles. The molecule has 3 aromatic heterocycles. The van der Waals surface area contributed by atoms with Crippen molar-refractivity contribution in [1.82, 2.24) is 29.7 Å². The van der Waals surface area contributed by atoms with Gasteiger partial charge in [0.15, 0.2) is 11.5 Å². The van der Waals surface area contributed by atoms with E-state index >= 15 is 0 Å². The summed E-state index contributed by atoms with van der Waals surface area (Å²) in [6, 6.07) is 10.5. The Morgan fingerprint density at radius 2 is 1.87 bits per heavy atom. The molecule has 0 spiro atoms. The highest BCUT2D eigenvalue weighted by molar-refractivity contribution is 5.87. The molecule has 3 heterocycles. The van der Waals surface area contributed by atoms with E-state index in [1.165, 1.54) is 44.9 Å². The molecule has 2 aliphatic carbocycles. The number of nitrogens with zero attached hydrogens (tertiary/aromatic N) is 5. The van der Waals surface area contributed by atoms with Crippen molar-refractivity contribution >= 4 is 29.1 Å². The molecule has 1 aromatic carbocycles. The zero-order valence-corrected chi connectivity index (χ0v) is 22.1. The summed E-state index contributed by atoms with van der Waals surface area (Å²) in [5.74, 6) is 3.42. The maximum absolute atomic E-state index is 11.7. The Labute approximate surface area is 221 Å². The van der Waals surface area contributed by atoms with Crippen LogP contribution in [0.15, 0.2) is 39.6 Å². The SMILES string of the molecule is C[C@@H](Nc1nc(-c2noc(=O)[nH]2)nc2nc(C=Cc3ccccc3)n(C[C@H]3CC[C@H](C)CC3)c12)C1CCC1. The zero-order valence-electron chi connectivity index (χ0n) is 22.1. The van der Waals surface area contributed by atoms with Crippen LogP contribution in [0.3, 0.4) is 0 Å². The largest absolute Gasteiger partial charge is 0.439 e. The minimum Gasteiger partial charge on any atom is -0.365 e. The van der Waals surface area contributed by atoms with Crippen LogP contribution in [-0.4, -0.2) is 35.7 Å². The highest BCUT2D eigenvalue weighted by Crippen LogP contribution is 2.35. The van der Waals surface area contributed by atoms with Gasteiger partial charge in [-0.15, -0.1) is 0 Å². The molecule has 0 bridgehead atoms. The van der Waals surface area contributed by atoms with E-state index in [2.05, 4.69) is 58.2 Å². The van der Waals surface area contributed by atoms with E-state index in [9.17, 15) is 4.79 Å². The Morgan fingerprint density at radius 3 is 2.55 bits per heavy atom. The maximum Gasteiger partial charge on any atom is 0.439 e. The normalized spacial score (nSPS) is 21.1. The lowest BCUT2D eigenvalue weighted by atomic mass is 9.80. The first-order valence-corrected chi connectivity index (χ1v) is 13.9. The van der Waals surface area contributed by atoms with Crippen LogP contribution in [0.5, 0.6) is 0 Å². The van der Waals surface area contributed by atoms with E-state index < -0.39 is 5.76 Å². The van der Waals surface area contributed by atoms with Crippen molar-refractivity contribution in [2.75, 3.05) is 5.32 Å². The number of anilines is 1. The molecule has 2 N–H and O–H groups in total. The first-order chi connectivity index (χ1) is 18.5. The van der Waals surface area contributed by atoms with Crippen LogP contribution in [-0.2, 0) is 6.54 Å². The zero-order chi connectivity index (χ0) is 26.1. The number of nitrogens with one attached hydrogen (secondary N) is 2. The Hall–Kier alpha value is -3.75. The fraction of sp³-hybridized carbons (Fsp3) is 0.483. The summed E-state index contributed by atoms with van der Waals surface area (Å²) in [5, 5.41) is 7.53. The molecule has 2 fully saturated rings. The number of benzene rings is 1. The molecule has 6 rings (SSSR count). The second-order valence-corrected chi connectivity index (χ2v) is 11.1. The number of imidazole rings is 1. The Morgan fingerprint density at radius 1 is 1.08 bits per heavy atom. The minimum absolute atomic E-state index is 0.202. The van der Waals surface area contributed by atoms with Crippen LogP contribution in [0.4, 0.5) is 5.82 Å². The van der Waals surface area contributed by atoms with Gasteiger partial charge < -0.3 is 9.88 Å². The van der Waals surface area contributed by atoms with Gasteiger partial charge in [0.05, 0.1) is 0 Å². The van der Waals surface area contributed by atoms with Gasteiger partial charge in [-0.3, -0.25) is 9.51 Å². The molecule has 1 atom stereocenters. The van der Waals surface area contributed by atoms with Crippen molar-refractivity contribution in [2.45, 2.75) is 71.4 Å². The predicted molar refractivity (Wildman–Crippen MR) is 148 cm³/mol. The lowest BCUT2D eigenvalue weighted by Gasteiger charge is -2.32. The molecule has 198 valence electrons.